The van der Waals surface area contributed by atoms with Crippen LogP contribution in [0, 0.1) is 17.2 Å². The van der Waals surface area contributed by atoms with Gasteiger partial charge in [0.1, 0.15) is 5.82 Å². The molecule has 1 aromatic carbocycles. The fourth-order valence-electron chi connectivity index (χ4n) is 3.51. The first-order chi connectivity index (χ1) is 10.7. The van der Waals surface area contributed by atoms with Gasteiger partial charge < -0.3 is 10.6 Å². The lowest BCUT2D eigenvalue weighted by Crippen LogP contribution is -2.47. The monoisotopic (exact) mass is 431 g/mol. The van der Waals surface area contributed by atoms with Crippen molar-refractivity contribution >= 4 is 29.9 Å². The highest BCUT2D eigenvalue weighted by Gasteiger charge is 2.48. The first-order valence-corrected chi connectivity index (χ1v) is 8.41. The lowest BCUT2D eigenvalue weighted by Gasteiger charge is -2.43. The fourth-order valence-corrected chi connectivity index (χ4v) is 3.51. The molecule has 2 saturated carbocycles. The van der Waals surface area contributed by atoms with E-state index in [0.29, 0.717) is 5.41 Å². The molecule has 3 rings (SSSR count). The summed E-state index contributed by atoms with van der Waals surface area (Å²) < 4.78 is 12.9. The summed E-state index contributed by atoms with van der Waals surface area (Å²) in [6, 6.07) is 6.70. The molecule has 2 fully saturated rings. The average molecular weight is 431 g/mol. The summed E-state index contributed by atoms with van der Waals surface area (Å²) in [5, 5.41) is 6.87. The van der Waals surface area contributed by atoms with Crippen molar-refractivity contribution in [2.75, 3.05) is 20.1 Å². The van der Waals surface area contributed by atoms with Gasteiger partial charge in [0.15, 0.2) is 5.96 Å². The number of nitrogens with zero attached hydrogens (tertiary/aromatic N) is 1. The highest BCUT2D eigenvalue weighted by Crippen LogP contribution is 2.56. The molecule has 0 spiro atoms. The molecule has 1 aromatic rings. The van der Waals surface area contributed by atoms with Crippen LogP contribution >= 0.6 is 24.0 Å². The zero-order valence-corrected chi connectivity index (χ0v) is 16.1. The zero-order chi connectivity index (χ0) is 15.4. The molecule has 0 radical (unpaired) electrons. The summed E-state index contributed by atoms with van der Waals surface area (Å²) in [5.74, 6) is 1.65. The van der Waals surface area contributed by atoms with E-state index in [0.717, 1.165) is 37.0 Å². The molecule has 0 aromatic heterocycles. The van der Waals surface area contributed by atoms with Crippen LogP contribution in [0.4, 0.5) is 4.39 Å². The molecule has 3 nitrogen and oxygen atoms in total. The van der Waals surface area contributed by atoms with Crippen LogP contribution in [-0.4, -0.2) is 26.1 Å². The number of halogens is 2. The molecule has 0 amide bonds. The maximum Gasteiger partial charge on any atom is 0.191 e. The first-order valence-electron chi connectivity index (χ1n) is 8.41. The largest absolute Gasteiger partial charge is 0.356 e. The number of guanidine groups is 1. The smallest absolute Gasteiger partial charge is 0.191 e. The van der Waals surface area contributed by atoms with E-state index in [1.807, 2.05) is 19.2 Å². The lowest BCUT2D eigenvalue weighted by atomic mass is 9.65. The van der Waals surface area contributed by atoms with Gasteiger partial charge in [-0.2, -0.15) is 0 Å². The molecular weight excluding hydrogens is 404 g/mol. The molecule has 0 bridgehead atoms. The van der Waals surface area contributed by atoms with Gasteiger partial charge in [-0.05, 0) is 61.1 Å². The summed E-state index contributed by atoms with van der Waals surface area (Å²) in [4.78, 5) is 4.31. The average Bonchev–Trinajstić information content (AvgIpc) is 3.31. The Bertz CT molecular complexity index is 522. The van der Waals surface area contributed by atoms with Gasteiger partial charge in [-0.1, -0.05) is 18.6 Å². The van der Waals surface area contributed by atoms with Crippen LogP contribution in [0.25, 0.3) is 0 Å². The van der Waals surface area contributed by atoms with E-state index in [1.165, 1.54) is 44.2 Å². The van der Waals surface area contributed by atoms with Gasteiger partial charge in [-0.25, -0.2) is 4.39 Å². The van der Waals surface area contributed by atoms with Gasteiger partial charge >= 0.3 is 0 Å². The molecular formula is C18H27FIN3. The van der Waals surface area contributed by atoms with Crippen LogP contribution in [0.15, 0.2) is 29.3 Å². The molecule has 128 valence electrons. The van der Waals surface area contributed by atoms with Crippen molar-refractivity contribution in [3.8, 4) is 0 Å². The van der Waals surface area contributed by atoms with E-state index in [4.69, 9.17) is 0 Å². The molecule has 0 heterocycles. The Kier molecular flexibility index (Phi) is 6.68. The number of aliphatic imine (C=N–C) groups is 1. The Morgan fingerprint density at radius 1 is 1.22 bits per heavy atom. The Balaban J connectivity index is 0.00000192. The summed E-state index contributed by atoms with van der Waals surface area (Å²) in [6.45, 7) is 1.86. The molecule has 0 aliphatic heterocycles. The second-order valence-corrected chi connectivity index (χ2v) is 6.72. The fraction of sp³-hybridized carbons (Fsp3) is 0.611. The maximum absolute atomic E-state index is 12.9. The third-order valence-electron chi connectivity index (χ3n) is 5.24. The molecule has 0 atom stereocenters. The van der Waals surface area contributed by atoms with Crippen molar-refractivity contribution in [2.24, 2.45) is 16.3 Å². The van der Waals surface area contributed by atoms with Crippen LogP contribution in [-0.2, 0) is 6.42 Å². The number of nitrogens with one attached hydrogen (secondary N) is 2. The summed E-state index contributed by atoms with van der Waals surface area (Å²) in [7, 11) is 1.82. The minimum atomic E-state index is -0.181. The van der Waals surface area contributed by atoms with Gasteiger partial charge in [0, 0.05) is 20.1 Å². The highest BCUT2D eigenvalue weighted by atomic mass is 127. The topological polar surface area (TPSA) is 36.4 Å². The SMILES string of the molecule is CN=C(NCCc1ccc(F)cc1)NCC1(C2CC2)CCC1.I. The maximum atomic E-state index is 12.9. The van der Waals surface area contributed by atoms with E-state index in [2.05, 4.69) is 15.6 Å². The van der Waals surface area contributed by atoms with E-state index >= 15 is 0 Å². The van der Waals surface area contributed by atoms with Crippen LogP contribution in [0.2, 0.25) is 0 Å². The van der Waals surface area contributed by atoms with Crippen molar-refractivity contribution in [1.29, 1.82) is 0 Å². The first kappa shape index (κ1) is 18.5. The van der Waals surface area contributed by atoms with Crippen molar-refractivity contribution in [3.05, 3.63) is 35.6 Å². The lowest BCUT2D eigenvalue weighted by molar-refractivity contribution is 0.106. The predicted molar refractivity (Wildman–Crippen MR) is 104 cm³/mol. The number of hydrogen-bond donors (Lipinski definition) is 2. The van der Waals surface area contributed by atoms with Crippen LogP contribution < -0.4 is 10.6 Å². The van der Waals surface area contributed by atoms with Crippen LogP contribution in [0.1, 0.15) is 37.7 Å². The molecule has 0 saturated heterocycles. The third-order valence-corrected chi connectivity index (χ3v) is 5.24. The van der Waals surface area contributed by atoms with Crippen molar-refractivity contribution in [2.45, 2.75) is 38.5 Å². The normalized spacial score (nSPS) is 19.5. The molecule has 2 N–H and O–H groups in total. The van der Waals surface area contributed by atoms with Crippen molar-refractivity contribution in [1.82, 2.24) is 10.6 Å². The second-order valence-electron chi connectivity index (χ2n) is 6.72. The third kappa shape index (κ3) is 4.81. The van der Waals surface area contributed by atoms with Crippen LogP contribution in [0.3, 0.4) is 0 Å². The summed E-state index contributed by atoms with van der Waals surface area (Å²) in [6.07, 6.45) is 7.83. The number of benzene rings is 1. The van der Waals surface area contributed by atoms with Gasteiger partial charge in [0.05, 0.1) is 0 Å². The van der Waals surface area contributed by atoms with Gasteiger partial charge in [-0.15, -0.1) is 24.0 Å². The van der Waals surface area contributed by atoms with Gasteiger partial charge in [-0.3, -0.25) is 4.99 Å². The standard InChI is InChI=1S/C18H26FN3.HI/c1-20-17(21-12-9-14-3-7-16(19)8-4-14)22-13-18(10-2-11-18)15-5-6-15;/h3-4,7-8,15H,2,5-6,9-13H2,1H3,(H2,20,21,22);1H. The van der Waals surface area contributed by atoms with Gasteiger partial charge in [0.2, 0.25) is 0 Å². The predicted octanol–water partition coefficient (Wildman–Crippen LogP) is 3.73. The molecule has 5 heteroatoms. The molecule has 2 aliphatic carbocycles. The van der Waals surface area contributed by atoms with E-state index in [9.17, 15) is 4.39 Å². The number of rotatable bonds is 6. The Hall–Kier alpha value is -0.850. The Labute approximate surface area is 155 Å². The van der Waals surface area contributed by atoms with Crippen LogP contribution in [0.5, 0.6) is 0 Å². The van der Waals surface area contributed by atoms with Crippen molar-refractivity contribution < 1.29 is 4.39 Å². The highest BCUT2D eigenvalue weighted by molar-refractivity contribution is 14.0. The minimum absolute atomic E-state index is 0. The second kappa shape index (κ2) is 8.31. The van der Waals surface area contributed by atoms with E-state index in [1.54, 1.807) is 0 Å². The quantitative estimate of drug-likeness (QED) is 0.409. The Morgan fingerprint density at radius 3 is 2.43 bits per heavy atom. The van der Waals surface area contributed by atoms with Crippen molar-refractivity contribution in [3.63, 3.8) is 0 Å². The van der Waals surface area contributed by atoms with Gasteiger partial charge in [0.25, 0.3) is 0 Å². The van der Waals surface area contributed by atoms with E-state index < -0.39 is 0 Å². The molecule has 0 unspecified atom stereocenters. The Morgan fingerprint density at radius 2 is 1.91 bits per heavy atom. The number of hydrogen-bond acceptors (Lipinski definition) is 1. The summed E-state index contributed by atoms with van der Waals surface area (Å²) >= 11 is 0. The summed E-state index contributed by atoms with van der Waals surface area (Å²) in [5.41, 5.74) is 1.69. The van der Waals surface area contributed by atoms with E-state index in [-0.39, 0.29) is 29.8 Å². The molecule has 2 aliphatic rings. The zero-order valence-electron chi connectivity index (χ0n) is 13.8. The minimum Gasteiger partial charge on any atom is -0.356 e. The molecule has 23 heavy (non-hydrogen) atoms.